The van der Waals surface area contributed by atoms with E-state index in [1.54, 1.807) is 0 Å². The van der Waals surface area contributed by atoms with E-state index in [0.717, 1.165) is 17.7 Å². The quantitative estimate of drug-likeness (QED) is 0.663. The Balaban J connectivity index is 1.85. The zero-order valence-corrected chi connectivity index (χ0v) is 14.0. The highest BCUT2D eigenvalue weighted by atomic mass is 19.1. The molecule has 2 aromatic carbocycles. The second-order valence-corrected chi connectivity index (χ2v) is 5.74. The van der Waals surface area contributed by atoms with Crippen molar-refractivity contribution in [3.63, 3.8) is 0 Å². The van der Waals surface area contributed by atoms with Gasteiger partial charge in [-0.25, -0.2) is 8.78 Å². The van der Waals surface area contributed by atoms with Crippen LogP contribution in [0.25, 0.3) is 0 Å². The molecular formula is C19H20F2N2O3. The van der Waals surface area contributed by atoms with Gasteiger partial charge in [0.05, 0.1) is 5.69 Å². The molecule has 0 bridgehead atoms. The first-order chi connectivity index (χ1) is 12.5. The number of rotatable bonds is 7. The minimum Gasteiger partial charge on any atom is -0.396 e. The van der Waals surface area contributed by atoms with Crippen LogP contribution in [0.3, 0.4) is 0 Å². The molecule has 2 aromatic rings. The summed E-state index contributed by atoms with van der Waals surface area (Å²) >= 11 is 0. The van der Waals surface area contributed by atoms with Crippen LogP contribution in [0.2, 0.25) is 0 Å². The predicted octanol–water partition coefficient (Wildman–Crippen LogP) is 2.58. The van der Waals surface area contributed by atoms with E-state index in [9.17, 15) is 23.5 Å². The number of carbonyl (C=O) groups excluding carboxylic acids is 2. The van der Waals surface area contributed by atoms with Gasteiger partial charge < -0.3 is 15.7 Å². The van der Waals surface area contributed by atoms with Gasteiger partial charge in [0.1, 0.15) is 11.6 Å². The van der Waals surface area contributed by atoms with E-state index in [-0.39, 0.29) is 24.8 Å². The van der Waals surface area contributed by atoms with Crippen molar-refractivity contribution in [1.82, 2.24) is 5.32 Å². The highest BCUT2D eigenvalue weighted by molar-refractivity contribution is 6.39. The van der Waals surface area contributed by atoms with Crippen molar-refractivity contribution in [1.29, 1.82) is 0 Å². The van der Waals surface area contributed by atoms with Crippen LogP contribution in [0.4, 0.5) is 14.5 Å². The number of aliphatic hydroxyl groups is 1. The fourth-order valence-corrected chi connectivity index (χ4v) is 2.57. The summed E-state index contributed by atoms with van der Waals surface area (Å²) in [5.74, 6) is -3.64. The Hall–Kier alpha value is -2.80. The molecule has 1 unspecified atom stereocenters. The van der Waals surface area contributed by atoms with Crippen molar-refractivity contribution in [2.24, 2.45) is 0 Å². The van der Waals surface area contributed by atoms with E-state index in [4.69, 9.17) is 0 Å². The van der Waals surface area contributed by atoms with Gasteiger partial charge in [-0.2, -0.15) is 0 Å². The van der Waals surface area contributed by atoms with Crippen LogP contribution in [0.1, 0.15) is 24.3 Å². The van der Waals surface area contributed by atoms with Gasteiger partial charge in [0.25, 0.3) is 0 Å². The lowest BCUT2D eigenvalue weighted by Gasteiger charge is -2.16. The average molecular weight is 362 g/mol. The minimum atomic E-state index is -1.03. The zero-order chi connectivity index (χ0) is 18.9. The Morgan fingerprint density at radius 2 is 1.73 bits per heavy atom. The maximum Gasteiger partial charge on any atom is 0.313 e. The first kappa shape index (κ1) is 19.5. The summed E-state index contributed by atoms with van der Waals surface area (Å²) in [6.07, 6.45) is 1.07. The molecule has 0 aliphatic rings. The Labute approximate surface area is 150 Å². The number of nitrogens with one attached hydrogen (secondary N) is 2. The van der Waals surface area contributed by atoms with Crippen molar-refractivity contribution in [3.8, 4) is 0 Å². The lowest BCUT2D eigenvalue weighted by Crippen LogP contribution is -2.36. The van der Waals surface area contributed by atoms with Crippen molar-refractivity contribution in [2.45, 2.75) is 18.8 Å². The van der Waals surface area contributed by atoms with Gasteiger partial charge in [0, 0.05) is 19.2 Å². The molecule has 7 heteroatoms. The average Bonchev–Trinajstić information content (AvgIpc) is 2.63. The van der Waals surface area contributed by atoms with Gasteiger partial charge in [-0.1, -0.05) is 30.3 Å². The first-order valence-corrected chi connectivity index (χ1v) is 8.21. The number of carbonyl (C=O) groups is 2. The maximum absolute atomic E-state index is 13.5. The van der Waals surface area contributed by atoms with E-state index in [0.29, 0.717) is 18.9 Å². The van der Waals surface area contributed by atoms with Gasteiger partial charge in [0.2, 0.25) is 0 Å². The van der Waals surface area contributed by atoms with Crippen molar-refractivity contribution in [3.05, 3.63) is 65.7 Å². The van der Waals surface area contributed by atoms with E-state index in [2.05, 4.69) is 10.6 Å². The topological polar surface area (TPSA) is 78.4 Å². The van der Waals surface area contributed by atoms with Gasteiger partial charge >= 0.3 is 11.8 Å². The second-order valence-electron chi connectivity index (χ2n) is 5.74. The van der Waals surface area contributed by atoms with Crippen LogP contribution < -0.4 is 10.6 Å². The van der Waals surface area contributed by atoms with E-state index in [1.165, 1.54) is 0 Å². The summed E-state index contributed by atoms with van der Waals surface area (Å²) in [6.45, 7) is 0.232. The molecule has 0 radical (unpaired) electrons. The number of halogens is 2. The normalized spacial score (nSPS) is 11.7. The second kappa shape index (κ2) is 9.62. The van der Waals surface area contributed by atoms with E-state index < -0.39 is 23.4 Å². The molecule has 1 atom stereocenters. The van der Waals surface area contributed by atoms with Crippen LogP contribution in [0.15, 0.2) is 48.5 Å². The van der Waals surface area contributed by atoms with Gasteiger partial charge in [0.15, 0.2) is 0 Å². The monoisotopic (exact) mass is 362 g/mol. The van der Waals surface area contributed by atoms with Gasteiger partial charge in [-0.3, -0.25) is 9.59 Å². The van der Waals surface area contributed by atoms with Crippen LogP contribution >= 0.6 is 0 Å². The summed E-state index contributed by atoms with van der Waals surface area (Å²) in [6, 6.07) is 12.2. The molecule has 0 saturated carbocycles. The van der Waals surface area contributed by atoms with Crippen LogP contribution in [-0.2, 0) is 9.59 Å². The molecule has 3 N–H and O–H groups in total. The molecule has 0 aliphatic heterocycles. The Morgan fingerprint density at radius 1 is 1.00 bits per heavy atom. The summed E-state index contributed by atoms with van der Waals surface area (Å²) in [4.78, 5) is 23.6. The Bertz CT molecular complexity index is 754. The largest absolute Gasteiger partial charge is 0.396 e. The number of amides is 2. The number of hydrogen-bond donors (Lipinski definition) is 3. The van der Waals surface area contributed by atoms with Crippen LogP contribution in [0, 0.1) is 11.6 Å². The number of hydrogen-bond acceptors (Lipinski definition) is 3. The zero-order valence-electron chi connectivity index (χ0n) is 14.0. The third-order valence-corrected chi connectivity index (χ3v) is 3.91. The molecule has 0 fully saturated rings. The maximum atomic E-state index is 13.5. The van der Waals surface area contributed by atoms with Crippen molar-refractivity contribution < 1.29 is 23.5 Å². The smallest absolute Gasteiger partial charge is 0.313 e. The number of benzene rings is 2. The Kier molecular flexibility index (Phi) is 7.23. The SMILES string of the molecule is O=C(NCCC(CCO)c1ccccc1)C(=O)Nc1ccc(F)cc1F. The van der Waals surface area contributed by atoms with Crippen molar-refractivity contribution >= 4 is 17.5 Å². The molecule has 5 nitrogen and oxygen atoms in total. The van der Waals surface area contributed by atoms with Gasteiger partial charge in [-0.05, 0) is 36.5 Å². The fourth-order valence-electron chi connectivity index (χ4n) is 2.57. The molecule has 0 aromatic heterocycles. The third kappa shape index (κ3) is 5.63. The molecule has 2 rings (SSSR count). The summed E-state index contributed by atoms with van der Waals surface area (Å²) < 4.78 is 26.3. The lowest BCUT2D eigenvalue weighted by molar-refractivity contribution is -0.136. The standard InChI is InChI=1S/C19H20F2N2O3/c20-15-6-7-17(16(21)12-15)23-19(26)18(25)22-10-8-14(9-11-24)13-4-2-1-3-5-13/h1-7,12,14,24H,8-11H2,(H,22,25)(H,23,26). The molecule has 0 aliphatic carbocycles. The van der Waals surface area contributed by atoms with Crippen LogP contribution in [0.5, 0.6) is 0 Å². The molecule has 0 heterocycles. The Morgan fingerprint density at radius 3 is 2.38 bits per heavy atom. The third-order valence-electron chi connectivity index (χ3n) is 3.91. The predicted molar refractivity (Wildman–Crippen MR) is 93.5 cm³/mol. The fraction of sp³-hybridized carbons (Fsp3) is 0.263. The molecule has 0 saturated heterocycles. The van der Waals surface area contributed by atoms with Crippen LogP contribution in [-0.4, -0.2) is 30.1 Å². The number of aliphatic hydroxyl groups excluding tert-OH is 1. The summed E-state index contributed by atoms with van der Waals surface area (Å²) in [7, 11) is 0. The highest BCUT2D eigenvalue weighted by Crippen LogP contribution is 2.22. The number of anilines is 1. The first-order valence-electron chi connectivity index (χ1n) is 8.21. The summed E-state index contributed by atoms with van der Waals surface area (Å²) in [5.41, 5.74) is 0.766. The van der Waals surface area contributed by atoms with Crippen molar-refractivity contribution in [2.75, 3.05) is 18.5 Å². The summed E-state index contributed by atoms with van der Waals surface area (Å²) in [5, 5.41) is 13.8. The van der Waals surface area contributed by atoms with Gasteiger partial charge in [-0.15, -0.1) is 0 Å². The molecule has 26 heavy (non-hydrogen) atoms. The molecule has 2 amide bonds. The van der Waals surface area contributed by atoms with E-state index in [1.807, 2.05) is 30.3 Å². The van der Waals surface area contributed by atoms with E-state index >= 15 is 0 Å². The lowest BCUT2D eigenvalue weighted by atomic mass is 9.93. The molecule has 138 valence electrons. The molecule has 0 spiro atoms. The highest BCUT2D eigenvalue weighted by Gasteiger charge is 2.17. The molecular weight excluding hydrogens is 342 g/mol. The minimum absolute atomic E-state index is 0.0117.